The van der Waals surface area contributed by atoms with E-state index in [4.69, 9.17) is 15.3 Å². The standard InChI is InChI=1S/C17H20N4O2S/c1-3-6-21-7-5-13-14(11-21)24-16(15(13)17(22)23-4-2)20-10-12(8-18)9-19/h10,20H,3-7,11H2,1-2H3/p+1. The lowest BCUT2D eigenvalue weighted by atomic mass is 10.0. The first kappa shape index (κ1) is 18.0. The molecule has 1 aliphatic rings. The molecule has 0 saturated carbocycles. The molecule has 7 heteroatoms. The number of nitriles is 2. The predicted molar refractivity (Wildman–Crippen MR) is 91.6 cm³/mol. The van der Waals surface area contributed by atoms with Crippen molar-refractivity contribution < 1.29 is 14.4 Å². The minimum Gasteiger partial charge on any atom is -0.462 e. The maximum atomic E-state index is 12.4. The van der Waals surface area contributed by atoms with E-state index in [2.05, 4.69) is 12.2 Å². The van der Waals surface area contributed by atoms with Gasteiger partial charge in [-0.1, -0.05) is 6.92 Å². The number of rotatable bonds is 6. The number of hydrogen-bond acceptors (Lipinski definition) is 6. The van der Waals surface area contributed by atoms with Crippen molar-refractivity contribution in [3.05, 3.63) is 27.8 Å². The van der Waals surface area contributed by atoms with Gasteiger partial charge in [-0.3, -0.25) is 0 Å². The molecule has 0 spiro atoms. The van der Waals surface area contributed by atoms with Crippen molar-refractivity contribution in [1.29, 1.82) is 10.5 Å². The lowest BCUT2D eigenvalue weighted by Gasteiger charge is -2.23. The molecule has 0 aromatic carbocycles. The number of nitrogens with zero attached hydrogens (tertiary/aromatic N) is 2. The molecular weight excluding hydrogens is 324 g/mol. The van der Waals surface area contributed by atoms with Crippen LogP contribution in [0, 0.1) is 22.7 Å². The van der Waals surface area contributed by atoms with Gasteiger partial charge < -0.3 is 15.0 Å². The highest BCUT2D eigenvalue weighted by Crippen LogP contribution is 2.35. The fourth-order valence-electron chi connectivity index (χ4n) is 2.85. The topological polar surface area (TPSA) is 90.4 Å². The molecule has 0 fully saturated rings. The Morgan fingerprint density at radius 3 is 2.79 bits per heavy atom. The van der Waals surface area contributed by atoms with Crippen LogP contribution in [0.15, 0.2) is 11.8 Å². The number of esters is 1. The van der Waals surface area contributed by atoms with Gasteiger partial charge in [0.15, 0.2) is 0 Å². The van der Waals surface area contributed by atoms with Crippen LogP contribution >= 0.6 is 11.3 Å². The van der Waals surface area contributed by atoms with Crippen LogP contribution in [0.25, 0.3) is 0 Å². The van der Waals surface area contributed by atoms with Crippen molar-refractivity contribution in [3.8, 4) is 12.1 Å². The van der Waals surface area contributed by atoms with Crippen molar-refractivity contribution in [1.82, 2.24) is 0 Å². The number of carbonyl (C=O) groups is 1. The molecule has 0 aliphatic carbocycles. The molecule has 2 N–H and O–H groups in total. The van der Waals surface area contributed by atoms with Gasteiger partial charge in [0.05, 0.1) is 30.1 Å². The summed E-state index contributed by atoms with van der Waals surface area (Å²) in [5.41, 5.74) is 1.57. The summed E-state index contributed by atoms with van der Waals surface area (Å²) in [6, 6.07) is 3.61. The van der Waals surface area contributed by atoms with E-state index in [1.807, 2.05) is 0 Å². The van der Waals surface area contributed by atoms with Crippen LogP contribution in [0.4, 0.5) is 5.00 Å². The quantitative estimate of drug-likeness (QED) is 0.604. The zero-order chi connectivity index (χ0) is 17.5. The normalized spacial score (nSPS) is 15.6. The number of ether oxygens (including phenoxy) is 1. The molecule has 1 unspecified atom stereocenters. The number of anilines is 1. The van der Waals surface area contributed by atoms with Crippen LogP contribution in [-0.2, 0) is 17.7 Å². The Morgan fingerprint density at radius 2 is 2.17 bits per heavy atom. The highest BCUT2D eigenvalue weighted by Gasteiger charge is 2.30. The first-order chi connectivity index (χ1) is 11.6. The van der Waals surface area contributed by atoms with Crippen LogP contribution in [0.3, 0.4) is 0 Å². The number of allylic oxidation sites excluding steroid dienone is 1. The summed E-state index contributed by atoms with van der Waals surface area (Å²) in [5, 5.41) is 21.3. The summed E-state index contributed by atoms with van der Waals surface area (Å²) >= 11 is 1.51. The maximum absolute atomic E-state index is 12.4. The summed E-state index contributed by atoms with van der Waals surface area (Å²) in [7, 11) is 0. The van der Waals surface area contributed by atoms with Gasteiger partial charge in [0.2, 0.25) is 0 Å². The molecule has 6 nitrogen and oxygen atoms in total. The first-order valence-corrected chi connectivity index (χ1v) is 8.88. The molecule has 0 amide bonds. The third-order valence-corrected chi connectivity index (χ3v) is 5.06. The molecule has 2 rings (SSSR count). The Balaban J connectivity index is 2.36. The minimum atomic E-state index is -0.347. The third kappa shape index (κ3) is 3.94. The Hall–Kier alpha value is -2.35. The van der Waals surface area contributed by atoms with Gasteiger partial charge in [-0.05, 0) is 18.9 Å². The second-order valence-corrected chi connectivity index (χ2v) is 6.64. The van der Waals surface area contributed by atoms with E-state index in [1.165, 1.54) is 27.3 Å². The Bertz CT molecular complexity index is 708. The average Bonchev–Trinajstić information content (AvgIpc) is 2.94. The van der Waals surface area contributed by atoms with Crippen LogP contribution < -0.4 is 10.2 Å². The third-order valence-electron chi connectivity index (χ3n) is 3.90. The van der Waals surface area contributed by atoms with Crippen LogP contribution in [0.5, 0.6) is 0 Å². The molecule has 126 valence electrons. The Kier molecular flexibility index (Phi) is 6.36. The zero-order valence-electron chi connectivity index (χ0n) is 13.9. The van der Waals surface area contributed by atoms with E-state index >= 15 is 0 Å². The van der Waals surface area contributed by atoms with Crippen LogP contribution in [0.2, 0.25) is 0 Å². The number of thiophene rings is 1. The largest absolute Gasteiger partial charge is 0.462 e. The van der Waals surface area contributed by atoms with Crippen molar-refractivity contribution >= 4 is 22.3 Å². The highest BCUT2D eigenvalue weighted by molar-refractivity contribution is 7.16. The molecule has 0 radical (unpaired) electrons. The second kappa shape index (κ2) is 8.49. The van der Waals surface area contributed by atoms with Gasteiger partial charge in [-0.2, -0.15) is 10.5 Å². The average molecular weight is 345 g/mol. The summed E-state index contributed by atoms with van der Waals surface area (Å²) in [6.07, 6.45) is 3.31. The fourth-order valence-corrected chi connectivity index (χ4v) is 4.13. The summed E-state index contributed by atoms with van der Waals surface area (Å²) in [4.78, 5) is 15.1. The van der Waals surface area contributed by atoms with E-state index in [0.717, 1.165) is 38.0 Å². The molecule has 2 heterocycles. The van der Waals surface area contributed by atoms with E-state index in [9.17, 15) is 4.79 Å². The first-order valence-electron chi connectivity index (χ1n) is 8.06. The zero-order valence-corrected chi connectivity index (χ0v) is 14.8. The van der Waals surface area contributed by atoms with Gasteiger partial charge in [0, 0.05) is 12.6 Å². The van der Waals surface area contributed by atoms with E-state index in [1.54, 1.807) is 19.1 Å². The van der Waals surface area contributed by atoms with Crippen LogP contribution in [0.1, 0.15) is 41.1 Å². The molecule has 1 aliphatic heterocycles. The monoisotopic (exact) mass is 345 g/mol. The molecular formula is C17H21N4O2S+. The lowest BCUT2D eigenvalue weighted by Crippen LogP contribution is -3.11. The van der Waals surface area contributed by atoms with Gasteiger partial charge in [-0.15, -0.1) is 11.3 Å². The fraction of sp³-hybridized carbons (Fsp3) is 0.471. The molecule has 0 saturated heterocycles. The SMILES string of the molecule is CCC[NH+]1CCc2c(sc(NC=C(C#N)C#N)c2C(=O)OCC)C1. The lowest BCUT2D eigenvalue weighted by molar-refractivity contribution is -0.915. The number of carbonyl (C=O) groups excluding carboxylic acids is 1. The van der Waals surface area contributed by atoms with E-state index < -0.39 is 0 Å². The van der Waals surface area contributed by atoms with Gasteiger partial charge in [-0.25, -0.2) is 4.79 Å². The number of hydrogen-bond donors (Lipinski definition) is 2. The van der Waals surface area contributed by atoms with Gasteiger partial charge in [0.25, 0.3) is 0 Å². The second-order valence-electron chi connectivity index (χ2n) is 5.53. The Morgan fingerprint density at radius 1 is 1.42 bits per heavy atom. The van der Waals surface area contributed by atoms with Crippen molar-refractivity contribution in [3.63, 3.8) is 0 Å². The molecule has 0 bridgehead atoms. The van der Waals surface area contributed by atoms with Gasteiger partial charge in [0.1, 0.15) is 29.3 Å². The van der Waals surface area contributed by atoms with Crippen molar-refractivity contribution in [2.75, 3.05) is 25.0 Å². The van der Waals surface area contributed by atoms with E-state index in [-0.39, 0.29) is 11.5 Å². The van der Waals surface area contributed by atoms with E-state index in [0.29, 0.717) is 17.2 Å². The van der Waals surface area contributed by atoms with Crippen molar-refractivity contribution in [2.24, 2.45) is 0 Å². The summed E-state index contributed by atoms with van der Waals surface area (Å²) in [5.74, 6) is -0.347. The molecule has 1 aromatic heterocycles. The predicted octanol–water partition coefficient (Wildman–Crippen LogP) is 1.62. The highest BCUT2D eigenvalue weighted by atomic mass is 32.1. The number of nitrogens with one attached hydrogen (secondary N) is 2. The Labute approximate surface area is 145 Å². The van der Waals surface area contributed by atoms with Crippen molar-refractivity contribution in [2.45, 2.75) is 33.2 Å². The number of quaternary nitrogens is 1. The van der Waals surface area contributed by atoms with Crippen LogP contribution in [-0.4, -0.2) is 25.7 Å². The summed E-state index contributed by atoms with van der Waals surface area (Å²) < 4.78 is 5.20. The van der Waals surface area contributed by atoms with Gasteiger partial charge >= 0.3 is 5.97 Å². The minimum absolute atomic E-state index is 0.0329. The smallest absolute Gasteiger partial charge is 0.341 e. The molecule has 24 heavy (non-hydrogen) atoms. The molecule has 1 aromatic rings. The molecule has 1 atom stereocenters. The maximum Gasteiger partial charge on any atom is 0.341 e. The summed E-state index contributed by atoms with van der Waals surface area (Å²) in [6.45, 7) is 7.27. The number of fused-ring (bicyclic) bond motifs is 1.